The van der Waals surface area contributed by atoms with Crippen LogP contribution in [0.2, 0.25) is 0 Å². The summed E-state index contributed by atoms with van der Waals surface area (Å²) in [7, 11) is 0. The molecule has 0 spiro atoms. The Hall–Kier alpha value is -2.88. The van der Waals surface area contributed by atoms with Crippen LogP contribution in [-0.4, -0.2) is 15.8 Å². The van der Waals surface area contributed by atoms with Crippen molar-refractivity contribution in [1.82, 2.24) is 4.57 Å². The molecule has 3 aromatic rings. The van der Waals surface area contributed by atoms with Gasteiger partial charge in [0.1, 0.15) is 0 Å². The first kappa shape index (κ1) is 20.2. The lowest BCUT2D eigenvalue weighted by atomic mass is 10.0. The molecule has 25 heavy (non-hydrogen) atoms. The Balaban J connectivity index is 0.000000730. The molecule has 0 unspecified atom stereocenters. The standard InChI is InChI=1S/C17H13NO3.2C2H6/c19-16-14(10-12-6-2-1-3-7-12)11-13-8-4-5-9-15(13)18(16)17(20)21;2*1-2/h1-9,11H,10H2,(H,20,21);2*1-2H3. The Bertz CT molecular complexity index is 867. The van der Waals surface area contributed by atoms with Gasteiger partial charge in [-0.25, -0.2) is 9.36 Å². The molecule has 0 aliphatic carbocycles. The SMILES string of the molecule is CC.CC.O=C(O)n1c(=O)c(Cc2ccccc2)cc2ccccc21. The first-order valence-corrected chi connectivity index (χ1v) is 8.58. The van der Waals surface area contributed by atoms with Gasteiger partial charge in [-0.05, 0) is 23.1 Å². The van der Waals surface area contributed by atoms with Gasteiger partial charge in [-0.1, -0.05) is 76.2 Å². The Morgan fingerprint density at radius 1 is 0.920 bits per heavy atom. The summed E-state index contributed by atoms with van der Waals surface area (Å²) in [5.41, 5.74) is 1.38. The second kappa shape index (κ2) is 10.1. The van der Waals surface area contributed by atoms with E-state index in [9.17, 15) is 14.7 Å². The second-order valence-electron chi connectivity index (χ2n) is 4.81. The fraction of sp³-hybridized carbons (Fsp3) is 0.238. The van der Waals surface area contributed by atoms with Crippen molar-refractivity contribution in [3.05, 3.63) is 82.1 Å². The summed E-state index contributed by atoms with van der Waals surface area (Å²) < 4.78 is 0.813. The molecule has 4 nitrogen and oxygen atoms in total. The molecule has 0 saturated heterocycles. The number of hydrogen-bond donors (Lipinski definition) is 1. The van der Waals surface area contributed by atoms with Crippen LogP contribution in [0.4, 0.5) is 4.79 Å². The number of para-hydroxylation sites is 1. The molecule has 0 radical (unpaired) electrons. The monoisotopic (exact) mass is 339 g/mol. The number of fused-ring (bicyclic) bond motifs is 1. The van der Waals surface area contributed by atoms with Crippen molar-refractivity contribution in [3.8, 4) is 0 Å². The van der Waals surface area contributed by atoms with Crippen molar-refractivity contribution in [2.75, 3.05) is 0 Å². The highest BCUT2D eigenvalue weighted by atomic mass is 16.4. The zero-order valence-electron chi connectivity index (χ0n) is 15.2. The van der Waals surface area contributed by atoms with Crippen LogP contribution in [0.15, 0.2) is 65.5 Å². The van der Waals surface area contributed by atoms with Gasteiger partial charge in [0, 0.05) is 12.0 Å². The van der Waals surface area contributed by atoms with Crippen molar-refractivity contribution in [2.45, 2.75) is 34.1 Å². The van der Waals surface area contributed by atoms with Crippen LogP contribution in [0, 0.1) is 0 Å². The molecule has 1 heterocycles. The van der Waals surface area contributed by atoms with E-state index in [-0.39, 0.29) is 0 Å². The molecule has 0 fully saturated rings. The van der Waals surface area contributed by atoms with E-state index in [0.29, 0.717) is 17.5 Å². The van der Waals surface area contributed by atoms with Crippen LogP contribution in [0.3, 0.4) is 0 Å². The number of pyridine rings is 1. The summed E-state index contributed by atoms with van der Waals surface area (Å²) >= 11 is 0. The Morgan fingerprint density at radius 3 is 2.08 bits per heavy atom. The summed E-state index contributed by atoms with van der Waals surface area (Å²) in [5, 5.41) is 10.1. The van der Waals surface area contributed by atoms with Gasteiger partial charge in [0.15, 0.2) is 0 Å². The molecule has 0 aliphatic rings. The molecule has 1 N–H and O–H groups in total. The molecule has 1 aromatic heterocycles. The lowest BCUT2D eigenvalue weighted by molar-refractivity contribution is 0.196. The van der Waals surface area contributed by atoms with Crippen molar-refractivity contribution < 1.29 is 9.90 Å². The molecule has 4 heteroatoms. The first-order chi connectivity index (χ1) is 12.2. The number of rotatable bonds is 2. The van der Waals surface area contributed by atoms with E-state index in [1.54, 1.807) is 18.2 Å². The smallest absolute Gasteiger partial charge is 0.419 e. The normalized spacial score (nSPS) is 9.44. The Labute approximate surface area is 148 Å². The molecule has 2 aromatic carbocycles. The fourth-order valence-corrected chi connectivity index (χ4v) is 2.45. The summed E-state index contributed by atoms with van der Waals surface area (Å²) in [4.78, 5) is 23.8. The minimum Gasteiger partial charge on any atom is -0.464 e. The average Bonchev–Trinajstić information content (AvgIpc) is 2.66. The highest BCUT2D eigenvalue weighted by Gasteiger charge is 2.14. The third-order valence-electron chi connectivity index (χ3n) is 3.41. The summed E-state index contributed by atoms with van der Waals surface area (Å²) in [6, 6.07) is 18.3. The van der Waals surface area contributed by atoms with Crippen LogP contribution in [0.25, 0.3) is 10.9 Å². The van der Waals surface area contributed by atoms with E-state index in [2.05, 4.69) is 0 Å². The second-order valence-corrected chi connectivity index (χ2v) is 4.81. The van der Waals surface area contributed by atoms with E-state index in [1.165, 1.54) is 0 Å². The molecule has 0 aliphatic heterocycles. The molecule has 0 bridgehead atoms. The molecular formula is C21H25NO3. The highest BCUT2D eigenvalue weighted by Crippen LogP contribution is 2.15. The molecule has 0 atom stereocenters. The van der Waals surface area contributed by atoms with Crippen molar-refractivity contribution >= 4 is 17.0 Å². The van der Waals surface area contributed by atoms with Crippen molar-refractivity contribution in [1.29, 1.82) is 0 Å². The Morgan fingerprint density at radius 2 is 1.48 bits per heavy atom. The minimum atomic E-state index is -1.26. The molecule has 0 saturated carbocycles. The average molecular weight is 339 g/mol. The van der Waals surface area contributed by atoms with Gasteiger partial charge in [-0.15, -0.1) is 0 Å². The summed E-state index contributed by atoms with van der Waals surface area (Å²) in [6.45, 7) is 8.00. The predicted octanol–water partition coefficient (Wildman–Crippen LogP) is 5.17. The van der Waals surface area contributed by atoms with E-state index in [1.807, 2.05) is 70.2 Å². The number of hydrogen-bond acceptors (Lipinski definition) is 2. The topological polar surface area (TPSA) is 59.3 Å². The fourth-order valence-electron chi connectivity index (χ4n) is 2.45. The molecule has 0 amide bonds. The van der Waals surface area contributed by atoms with Crippen molar-refractivity contribution in [2.24, 2.45) is 0 Å². The van der Waals surface area contributed by atoms with Crippen LogP contribution in [0.1, 0.15) is 38.8 Å². The minimum absolute atomic E-state index is 0.409. The molecule has 132 valence electrons. The molecular weight excluding hydrogens is 314 g/mol. The van der Waals surface area contributed by atoms with Gasteiger partial charge >= 0.3 is 6.09 Å². The lowest BCUT2D eigenvalue weighted by Gasteiger charge is -2.09. The van der Waals surface area contributed by atoms with E-state index in [0.717, 1.165) is 15.5 Å². The third-order valence-corrected chi connectivity index (χ3v) is 3.41. The van der Waals surface area contributed by atoms with Crippen LogP contribution in [-0.2, 0) is 6.42 Å². The van der Waals surface area contributed by atoms with Crippen LogP contribution in [0.5, 0.6) is 0 Å². The zero-order valence-corrected chi connectivity index (χ0v) is 15.2. The number of aromatic nitrogens is 1. The van der Waals surface area contributed by atoms with E-state index < -0.39 is 11.7 Å². The highest BCUT2D eigenvalue weighted by molar-refractivity contribution is 5.87. The maximum atomic E-state index is 12.4. The maximum absolute atomic E-state index is 12.4. The zero-order chi connectivity index (χ0) is 18.8. The number of nitrogens with zero attached hydrogens (tertiary/aromatic N) is 1. The number of carboxylic acid groups (broad SMARTS) is 1. The summed E-state index contributed by atoms with van der Waals surface area (Å²) in [6.07, 6.45) is -0.844. The molecule has 3 rings (SSSR count). The van der Waals surface area contributed by atoms with Crippen molar-refractivity contribution in [3.63, 3.8) is 0 Å². The summed E-state index contributed by atoms with van der Waals surface area (Å²) in [5.74, 6) is 0. The van der Waals surface area contributed by atoms with Gasteiger partial charge in [0.25, 0.3) is 5.56 Å². The largest absolute Gasteiger partial charge is 0.464 e. The number of carbonyl (C=O) groups is 1. The maximum Gasteiger partial charge on any atom is 0.419 e. The quantitative estimate of drug-likeness (QED) is 0.700. The Kier molecular flexibility index (Phi) is 8.13. The third kappa shape index (κ3) is 4.80. The van der Waals surface area contributed by atoms with Gasteiger partial charge in [0.05, 0.1) is 5.52 Å². The predicted molar refractivity (Wildman–Crippen MR) is 104 cm³/mol. The lowest BCUT2D eigenvalue weighted by Crippen LogP contribution is -2.29. The van der Waals surface area contributed by atoms with E-state index >= 15 is 0 Å². The van der Waals surface area contributed by atoms with Crippen LogP contribution < -0.4 is 5.56 Å². The van der Waals surface area contributed by atoms with E-state index in [4.69, 9.17) is 0 Å². The van der Waals surface area contributed by atoms with Gasteiger partial charge < -0.3 is 5.11 Å². The van der Waals surface area contributed by atoms with Gasteiger partial charge in [-0.3, -0.25) is 4.79 Å². The number of benzene rings is 2. The first-order valence-electron chi connectivity index (χ1n) is 8.58. The van der Waals surface area contributed by atoms with Gasteiger partial charge in [-0.2, -0.15) is 0 Å². The van der Waals surface area contributed by atoms with Gasteiger partial charge in [0.2, 0.25) is 0 Å². The van der Waals surface area contributed by atoms with Crippen LogP contribution >= 0.6 is 0 Å².